The third-order valence-corrected chi connectivity index (χ3v) is 1.47. The van der Waals surface area contributed by atoms with Crippen molar-refractivity contribution in [1.29, 1.82) is 0 Å². The van der Waals surface area contributed by atoms with Crippen molar-refractivity contribution in [2.24, 2.45) is 0 Å². The molecule has 0 aliphatic carbocycles. The Bertz CT molecular complexity index is 281. The molecular formula is C9H11NO3. The molecular weight excluding hydrogens is 170 g/mol. The summed E-state index contributed by atoms with van der Waals surface area (Å²) in [5.74, 6) is 1.21. The van der Waals surface area contributed by atoms with Gasteiger partial charge in [-0.15, -0.1) is 0 Å². The fourth-order valence-electron chi connectivity index (χ4n) is 0.802. The zero-order valence-corrected chi connectivity index (χ0v) is 7.53. The van der Waals surface area contributed by atoms with Gasteiger partial charge in [0.25, 0.3) is 0 Å². The van der Waals surface area contributed by atoms with Crippen molar-refractivity contribution < 1.29 is 14.3 Å². The quantitative estimate of drug-likeness (QED) is 0.750. The van der Waals surface area contributed by atoms with Crippen LogP contribution in [0.2, 0.25) is 0 Å². The van der Waals surface area contributed by atoms with E-state index in [0.29, 0.717) is 5.75 Å². The lowest BCUT2D eigenvalue weighted by Gasteiger charge is -2.03. The van der Waals surface area contributed by atoms with Crippen molar-refractivity contribution >= 4 is 6.09 Å². The molecule has 13 heavy (non-hydrogen) atoms. The zero-order chi connectivity index (χ0) is 9.68. The van der Waals surface area contributed by atoms with Crippen molar-refractivity contribution in [3.05, 3.63) is 24.3 Å². The molecule has 1 aromatic carbocycles. The Kier molecular flexibility index (Phi) is 3.14. The Morgan fingerprint density at radius 2 is 1.77 bits per heavy atom. The predicted octanol–water partition coefficient (Wildman–Crippen LogP) is 1.41. The monoisotopic (exact) mass is 181 g/mol. The highest BCUT2D eigenvalue weighted by Gasteiger charge is 2.00. The molecule has 1 N–H and O–H groups in total. The van der Waals surface area contributed by atoms with E-state index >= 15 is 0 Å². The summed E-state index contributed by atoms with van der Waals surface area (Å²) in [5, 5.41) is 2.35. The first-order valence-corrected chi connectivity index (χ1v) is 3.80. The number of amides is 1. The predicted molar refractivity (Wildman–Crippen MR) is 48.1 cm³/mol. The van der Waals surface area contributed by atoms with Gasteiger partial charge < -0.3 is 14.8 Å². The van der Waals surface area contributed by atoms with Crippen LogP contribution < -0.4 is 14.8 Å². The van der Waals surface area contributed by atoms with Gasteiger partial charge in [-0.3, -0.25) is 0 Å². The summed E-state index contributed by atoms with van der Waals surface area (Å²) in [6, 6.07) is 6.76. The van der Waals surface area contributed by atoms with Crippen LogP contribution in [0, 0.1) is 0 Å². The molecule has 4 nitrogen and oxygen atoms in total. The summed E-state index contributed by atoms with van der Waals surface area (Å²) in [4.78, 5) is 10.8. The lowest BCUT2D eigenvalue weighted by atomic mass is 10.3. The molecule has 0 unspecified atom stereocenters. The van der Waals surface area contributed by atoms with Gasteiger partial charge in [-0.2, -0.15) is 0 Å². The van der Waals surface area contributed by atoms with Gasteiger partial charge in [0.15, 0.2) is 0 Å². The second-order valence-electron chi connectivity index (χ2n) is 2.32. The molecule has 0 spiro atoms. The molecule has 0 atom stereocenters. The van der Waals surface area contributed by atoms with Gasteiger partial charge >= 0.3 is 6.09 Å². The first kappa shape index (κ1) is 9.38. The normalized spacial score (nSPS) is 9.08. The topological polar surface area (TPSA) is 47.6 Å². The molecule has 0 saturated heterocycles. The van der Waals surface area contributed by atoms with E-state index in [1.807, 2.05) is 0 Å². The van der Waals surface area contributed by atoms with Crippen LogP contribution in [0.3, 0.4) is 0 Å². The van der Waals surface area contributed by atoms with Crippen molar-refractivity contribution in [2.45, 2.75) is 0 Å². The van der Waals surface area contributed by atoms with Crippen LogP contribution in [-0.2, 0) is 0 Å². The number of carbonyl (C=O) groups excluding carboxylic acids is 1. The SMILES string of the molecule is CNC(=O)Oc1ccc(OC)cc1. The first-order chi connectivity index (χ1) is 6.26. The van der Waals surface area contributed by atoms with Crippen molar-refractivity contribution in [3.8, 4) is 11.5 Å². The third kappa shape index (κ3) is 2.66. The number of ether oxygens (including phenoxy) is 2. The van der Waals surface area contributed by atoms with Crippen molar-refractivity contribution in [3.63, 3.8) is 0 Å². The van der Waals surface area contributed by atoms with E-state index < -0.39 is 6.09 Å². The smallest absolute Gasteiger partial charge is 0.412 e. The van der Waals surface area contributed by atoms with Gasteiger partial charge in [-0.1, -0.05) is 0 Å². The minimum absolute atomic E-state index is 0.481. The lowest BCUT2D eigenvalue weighted by Crippen LogP contribution is -2.21. The first-order valence-electron chi connectivity index (χ1n) is 3.80. The maximum Gasteiger partial charge on any atom is 0.412 e. The molecule has 70 valence electrons. The molecule has 4 heteroatoms. The lowest BCUT2D eigenvalue weighted by molar-refractivity contribution is 0.203. The van der Waals surface area contributed by atoms with E-state index in [9.17, 15) is 4.79 Å². The van der Waals surface area contributed by atoms with Crippen LogP contribution in [0.25, 0.3) is 0 Å². The number of hydrogen-bond donors (Lipinski definition) is 1. The Balaban J connectivity index is 2.64. The van der Waals surface area contributed by atoms with Crippen LogP contribution in [0.15, 0.2) is 24.3 Å². The highest BCUT2D eigenvalue weighted by Crippen LogP contribution is 2.16. The van der Waals surface area contributed by atoms with Crippen LogP contribution in [0.4, 0.5) is 4.79 Å². The minimum Gasteiger partial charge on any atom is -0.497 e. The van der Waals surface area contributed by atoms with E-state index in [4.69, 9.17) is 9.47 Å². The molecule has 0 fully saturated rings. The third-order valence-electron chi connectivity index (χ3n) is 1.47. The Morgan fingerprint density at radius 1 is 1.23 bits per heavy atom. The van der Waals surface area contributed by atoms with Gasteiger partial charge in [0.2, 0.25) is 0 Å². The van der Waals surface area contributed by atoms with E-state index in [1.165, 1.54) is 7.05 Å². The maximum absolute atomic E-state index is 10.8. The number of carbonyl (C=O) groups is 1. The molecule has 0 radical (unpaired) electrons. The van der Waals surface area contributed by atoms with E-state index in [-0.39, 0.29) is 0 Å². The van der Waals surface area contributed by atoms with Crippen LogP contribution >= 0.6 is 0 Å². The van der Waals surface area contributed by atoms with Gasteiger partial charge in [0.05, 0.1) is 7.11 Å². The molecule has 0 bridgehead atoms. The van der Waals surface area contributed by atoms with Crippen LogP contribution in [0.5, 0.6) is 11.5 Å². The van der Waals surface area contributed by atoms with Crippen molar-refractivity contribution in [1.82, 2.24) is 5.32 Å². The number of methoxy groups -OCH3 is 1. The zero-order valence-electron chi connectivity index (χ0n) is 7.53. The van der Waals surface area contributed by atoms with Gasteiger partial charge in [-0.05, 0) is 24.3 Å². The van der Waals surface area contributed by atoms with E-state index in [2.05, 4.69) is 5.32 Å². The molecule has 0 heterocycles. The summed E-state index contributed by atoms with van der Waals surface area (Å²) in [6.45, 7) is 0. The molecule has 1 rings (SSSR count). The number of hydrogen-bond acceptors (Lipinski definition) is 3. The Labute approximate surface area is 76.5 Å². The molecule has 0 aliphatic rings. The largest absolute Gasteiger partial charge is 0.497 e. The maximum atomic E-state index is 10.8. The summed E-state index contributed by atoms with van der Waals surface area (Å²) in [6.07, 6.45) is -0.481. The molecule has 0 saturated carbocycles. The fraction of sp³-hybridized carbons (Fsp3) is 0.222. The van der Waals surface area contributed by atoms with Crippen molar-refractivity contribution in [2.75, 3.05) is 14.2 Å². The summed E-state index contributed by atoms with van der Waals surface area (Å²) >= 11 is 0. The molecule has 1 aromatic rings. The standard InChI is InChI=1S/C9H11NO3/c1-10-9(11)13-8-5-3-7(12-2)4-6-8/h3-6H,1-2H3,(H,10,11). The number of benzene rings is 1. The van der Waals surface area contributed by atoms with E-state index in [1.54, 1.807) is 31.4 Å². The summed E-state index contributed by atoms with van der Waals surface area (Å²) < 4.78 is 9.80. The minimum atomic E-state index is -0.481. The highest BCUT2D eigenvalue weighted by molar-refractivity contribution is 5.69. The average molecular weight is 181 g/mol. The summed E-state index contributed by atoms with van der Waals surface area (Å²) in [7, 11) is 3.08. The molecule has 0 aliphatic heterocycles. The van der Waals surface area contributed by atoms with E-state index in [0.717, 1.165) is 5.75 Å². The van der Waals surface area contributed by atoms with Gasteiger partial charge in [0, 0.05) is 7.05 Å². The molecule has 1 amide bonds. The number of rotatable bonds is 2. The second-order valence-corrected chi connectivity index (χ2v) is 2.32. The highest BCUT2D eigenvalue weighted by atomic mass is 16.6. The Morgan fingerprint density at radius 3 is 2.23 bits per heavy atom. The van der Waals surface area contributed by atoms with Crippen LogP contribution in [-0.4, -0.2) is 20.3 Å². The summed E-state index contributed by atoms with van der Waals surface area (Å²) in [5.41, 5.74) is 0. The fourth-order valence-corrected chi connectivity index (χ4v) is 0.802. The number of nitrogens with one attached hydrogen (secondary N) is 1. The second kappa shape index (κ2) is 4.35. The average Bonchev–Trinajstić information content (AvgIpc) is 2.19. The molecule has 0 aromatic heterocycles. The Hall–Kier alpha value is -1.71. The van der Waals surface area contributed by atoms with Gasteiger partial charge in [-0.25, -0.2) is 4.79 Å². The van der Waals surface area contributed by atoms with Crippen LogP contribution in [0.1, 0.15) is 0 Å². The van der Waals surface area contributed by atoms with Gasteiger partial charge in [0.1, 0.15) is 11.5 Å².